The van der Waals surface area contributed by atoms with Crippen molar-refractivity contribution in [1.82, 2.24) is 20.1 Å². The summed E-state index contributed by atoms with van der Waals surface area (Å²) in [5, 5.41) is 7.65. The molecule has 22 heavy (non-hydrogen) atoms. The highest BCUT2D eigenvalue weighted by Crippen LogP contribution is 2.33. The lowest BCUT2D eigenvalue weighted by Crippen LogP contribution is -2.27. The van der Waals surface area contributed by atoms with Gasteiger partial charge >= 0.3 is 0 Å². The Morgan fingerprint density at radius 3 is 3.09 bits per heavy atom. The van der Waals surface area contributed by atoms with Crippen molar-refractivity contribution in [2.75, 3.05) is 13.2 Å². The van der Waals surface area contributed by atoms with E-state index < -0.39 is 0 Å². The molecule has 2 aromatic rings. The van der Waals surface area contributed by atoms with E-state index in [1.165, 1.54) is 0 Å². The number of aromatic nitrogens is 3. The maximum absolute atomic E-state index is 5.84. The maximum atomic E-state index is 5.84. The molecule has 0 amide bonds. The van der Waals surface area contributed by atoms with Crippen LogP contribution in [-0.4, -0.2) is 34.0 Å². The molecule has 1 aliphatic rings. The average molecular weight is 302 g/mol. The highest BCUT2D eigenvalue weighted by molar-refractivity contribution is 5.47. The molecular weight excluding hydrogens is 280 g/mol. The highest BCUT2D eigenvalue weighted by atomic mass is 16.5. The lowest BCUT2D eigenvalue weighted by atomic mass is 10.1. The van der Waals surface area contributed by atoms with Crippen LogP contribution in [0.1, 0.15) is 25.3 Å². The molecule has 1 aliphatic heterocycles. The molecule has 1 aromatic heterocycles. The molecule has 0 aliphatic carbocycles. The van der Waals surface area contributed by atoms with Gasteiger partial charge in [0.25, 0.3) is 0 Å². The first-order valence-electron chi connectivity index (χ1n) is 7.76. The Bertz CT molecular complexity index is 586. The van der Waals surface area contributed by atoms with Crippen LogP contribution < -0.4 is 14.8 Å². The number of hydrogen-bond acceptors (Lipinski definition) is 5. The molecule has 0 spiro atoms. The topological polar surface area (TPSA) is 61.2 Å². The first-order valence-corrected chi connectivity index (χ1v) is 7.76. The van der Waals surface area contributed by atoms with Crippen LogP contribution in [0.25, 0.3) is 0 Å². The van der Waals surface area contributed by atoms with Gasteiger partial charge in [-0.15, -0.1) is 0 Å². The van der Waals surface area contributed by atoms with Crippen LogP contribution in [0.4, 0.5) is 0 Å². The maximum Gasteiger partial charge on any atom is 0.165 e. The van der Waals surface area contributed by atoms with Gasteiger partial charge in [-0.1, -0.05) is 12.1 Å². The summed E-state index contributed by atoms with van der Waals surface area (Å²) in [6, 6.07) is 6.46. The molecule has 0 radical (unpaired) electrons. The van der Waals surface area contributed by atoms with Crippen molar-refractivity contribution in [1.29, 1.82) is 0 Å². The van der Waals surface area contributed by atoms with E-state index >= 15 is 0 Å². The molecule has 0 saturated carbocycles. The minimum Gasteiger partial charge on any atom is -0.490 e. The van der Waals surface area contributed by atoms with E-state index in [0.717, 1.165) is 49.6 Å². The molecule has 0 saturated heterocycles. The Hall–Kier alpha value is -2.08. The van der Waals surface area contributed by atoms with Crippen molar-refractivity contribution >= 4 is 0 Å². The average Bonchev–Trinajstić information content (AvgIpc) is 2.94. The van der Waals surface area contributed by atoms with Gasteiger partial charge in [0.05, 0.1) is 13.2 Å². The second-order valence-corrected chi connectivity index (χ2v) is 5.52. The standard InChI is InChI=1S/C16H22N4O2/c1-13(6-7-20-12-17-11-19-20)18-10-14-4-2-5-15-16(14)22-9-3-8-21-15/h2,4-5,11-13,18H,3,6-10H2,1H3/t13-/m0/s1. The number of ether oxygens (including phenoxy) is 2. The molecule has 1 aromatic carbocycles. The first-order chi connectivity index (χ1) is 10.8. The summed E-state index contributed by atoms with van der Waals surface area (Å²) in [6.45, 7) is 5.24. The van der Waals surface area contributed by atoms with Gasteiger partial charge in [-0.25, -0.2) is 4.98 Å². The molecular formula is C16H22N4O2. The van der Waals surface area contributed by atoms with E-state index in [1.807, 2.05) is 16.8 Å². The minimum absolute atomic E-state index is 0.381. The number of benzene rings is 1. The van der Waals surface area contributed by atoms with E-state index in [2.05, 4.69) is 28.4 Å². The zero-order valence-electron chi connectivity index (χ0n) is 12.9. The van der Waals surface area contributed by atoms with Gasteiger partial charge < -0.3 is 14.8 Å². The van der Waals surface area contributed by atoms with Gasteiger partial charge in [0, 0.05) is 31.1 Å². The summed E-state index contributed by atoms with van der Waals surface area (Å²) < 4.78 is 13.4. The third-order valence-electron chi connectivity index (χ3n) is 3.75. The zero-order chi connectivity index (χ0) is 15.2. The van der Waals surface area contributed by atoms with Gasteiger partial charge in [0.15, 0.2) is 11.5 Å². The third-order valence-corrected chi connectivity index (χ3v) is 3.75. The predicted octanol–water partition coefficient (Wildman–Crippen LogP) is 2.01. The second-order valence-electron chi connectivity index (χ2n) is 5.52. The molecule has 0 unspecified atom stereocenters. The lowest BCUT2D eigenvalue weighted by molar-refractivity contribution is 0.295. The summed E-state index contributed by atoms with van der Waals surface area (Å²) >= 11 is 0. The summed E-state index contributed by atoms with van der Waals surface area (Å²) in [4.78, 5) is 3.95. The van der Waals surface area contributed by atoms with Gasteiger partial charge in [-0.3, -0.25) is 4.68 Å². The fourth-order valence-corrected chi connectivity index (χ4v) is 2.45. The molecule has 1 N–H and O–H groups in total. The van der Waals surface area contributed by atoms with Gasteiger partial charge in [-0.2, -0.15) is 5.10 Å². The number of fused-ring (bicyclic) bond motifs is 1. The van der Waals surface area contributed by atoms with Crippen molar-refractivity contribution < 1.29 is 9.47 Å². The van der Waals surface area contributed by atoms with Crippen LogP contribution in [0.2, 0.25) is 0 Å². The molecule has 3 rings (SSSR count). The van der Waals surface area contributed by atoms with Crippen LogP contribution in [-0.2, 0) is 13.1 Å². The Morgan fingerprint density at radius 2 is 2.23 bits per heavy atom. The number of hydrogen-bond donors (Lipinski definition) is 1. The van der Waals surface area contributed by atoms with Gasteiger partial charge in [-0.05, 0) is 19.4 Å². The van der Waals surface area contributed by atoms with E-state index in [0.29, 0.717) is 12.6 Å². The van der Waals surface area contributed by atoms with E-state index in [9.17, 15) is 0 Å². The summed E-state index contributed by atoms with van der Waals surface area (Å²) in [6.07, 6.45) is 5.23. The van der Waals surface area contributed by atoms with Crippen LogP contribution in [0.15, 0.2) is 30.9 Å². The van der Waals surface area contributed by atoms with Crippen LogP contribution in [0.5, 0.6) is 11.5 Å². The first kappa shape index (κ1) is 14.8. The minimum atomic E-state index is 0.381. The molecule has 1 atom stereocenters. The monoisotopic (exact) mass is 302 g/mol. The molecule has 6 nitrogen and oxygen atoms in total. The Kier molecular flexibility index (Phi) is 4.90. The predicted molar refractivity (Wildman–Crippen MR) is 83.0 cm³/mol. The SMILES string of the molecule is C[C@@H](CCn1cncn1)NCc1cccc2c1OCCCO2. The fourth-order valence-electron chi connectivity index (χ4n) is 2.45. The number of nitrogens with one attached hydrogen (secondary N) is 1. The quantitative estimate of drug-likeness (QED) is 0.884. The van der Waals surface area contributed by atoms with E-state index in [4.69, 9.17) is 9.47 Å². The van der Waals surface area contributed by atoms with Crippen LogP contribution in [0.3, 0.4) is 0 Å². The van der Waals surface area contributed by atoms with E-state index in [-0.39, 0.29) is 0 Å². The molecule has 2 heterocycles. The fraction of sp³-hybridized carbons (Fsp3) is 0.500. The van der Waals surface area contributed by atoms with Crippen LogP contribution in [0, 0.1) is 0 Å². The molecule has 0 fully saturated rings. The molecule has 118 valence electrons. The highest BCUT2D eigenvalue weighted by Gasteiger charge is 2.14. The summed E-state index contributed by atoms with van der Waals surface area (Å²) in [5.41, 5.74) is 1.15. The normalized spacial score (nSPS) is 15.3. The van der Waals surface area contributed by atoms with E-state index in [1.54, 1.807) is 12.7 Å². The van der Waals surface area contributed by atoms with Crippen molar-refractivity contribution in [3.63, 3.8) is 0 Å². The Balaban J connectivity index is 1.54. The van der Waals surface area contributed by atoms with Gasteiger partial charge in [0.2, 0.25) is 0 Å². The largest absolute Gasteiger partial charge is 0.490 e. The Morgan fingerprint density at radius 1 is 1.32 bits per heavy atom. The van der Waals surface area contributed by atoms with Crippen molar-refractivity contribution in [2.45, 2.75) is 38.9 Å². The Labute approximate surface area is 130 Å². The number of aryl methyl sites for hydroxylation is 1. The summed E-state index contributed by atoms with van der Waals surface area (Å²) in [5.74, 6) is 1.74. The number of rotatable bonds is 6. The molecule has 6 heteroatoms. The summed E-state index contributed by atoms with van der Waals surface area (Å²) in [7, 11) is 0. The van der Waals surface area contributed by atoms with Gasteiger partial charge in [0.1, 0.15) is 12.7 Å². The lowest BCUT2D eigenvalue weighted by Gasteiger charge is -2.16. The van der Waals surface area contributed by atoms with Crippen molar-refractivity contribution in [3.05, 3.63) is 36.4 Å². The van der Waals surface area contributed by atoms with Crippen LogP contribution >= 0.6 is 0 Å². The smallest absolute Gasteiger partial charge is 0.165 e. The van der Waals surface area contributed by atoms with Crippen molar-refractivity contribution in [2.24, 2.45) is 0 Å². The number of nitrogens with zero attached hydrogens (tertiary/aromatic N) is 3. The number of para-hydroxylation sites is 1. The third kappa shape index (κ3) is 3.76. The van der Waals surface area contributed by atoms with Crippen molar-refractivity contribution in [3.8, 4) is 11.5 Å². The second kappa shape index (κ2) is 7.26. The zero-order valence-corrected chi connectivity index (χ0v) is 12.9. The molecule has 0 bridgehead atoms.